The van der Waals surface area contributed by atoms with Crippen LogP contribution in [-0.4, -0.2) is 26.7 Å². The largest absolute Gasteiger partial charge is 0.455 e. The Labute approximate surface area is 227 Å². The van der Waals surface area contributed by atoms with Crippen LogP contribution in [0, 0.1) is 6.92 Å². The summed E-state index contributed by atoms with van der Waals surface area (Å²) in [7, 11) is 0. The molecule has 0 atom stereocenters. The molecule has 0 aliphatic carbocycles. The molecule has 2 amide bonds. The van der Waals surface area contributed by atoms with E-state index in [0.717, 1.165) is 39.3 Å². The maximum Gasteiger partial charge on any atom is 0.323 e. The highest BCUT2D eigenvalue weighted by Gasteiger charge is 2.21. The Morgan fingerprint density at radius 2 is 1.49 bits per heavy atom. The normalized spacial score (nSPS) is 11.2. The monoisotopic (exact) mass is 518 g/mol. The third-order valence-corrected chi connectivity index (χ3v) is 6.36. The predicted molar refractivity (Wildman–Crippen MR) is 154 cm³/mol. The van der Waals surface area contributed by atoms with E-state index < -0.39 is 0 Å². The van der Waals surface area contributed by atoms with Gasteiger partial charge >= 0.3 is 6.03 Å². The number of amides is 2. The molecule has 8 nitrogen and oxygen atoms in total. The summed E-state index contributed by atoms with van der Waals surface area (Å²) in [5.41, 5.74) is 5.71. The zero-order chi connectivity index (χ0) is 27.4. The summed E-state index contributed by atoms with van der Waals surface area (Å²) in [5, 5.41) is 20.5. The lowest BCUT2D eigenvalue weighted by atomic mass is 9.86. The molecule has 5 rings (SSSR count). The third-order valence-electron chi connectivity index (χ3n) is 6.36. The lowest BCUT2D eigenvalue weighted by Gasteiger charge is -2.23. The molecule has 196 valence electrons. The van der Waals surface area contributed by atoms with Crippen molar-refractivity contribution in [1.29, 1.82) is 0 Å². The van der Waals surface area contributed by atoms with E-state index in [4.69, 9.17) is 4.74 Å². The van der Waals surface area contributed by atoms with Gasteiger partial charge in [-0.05, 0) is 58.5 Å². The summed E-state index contributed by atoms with van der Waals surface area (Å²) in [6, 6.07) is 28.7. The van der Waals surface area contributed by atoms with E-state index in [1.54, 1.807) is 0 Å². The summed E-state index contributed by atoms with van der Waals surface area (Å²) in [6.45, 7) is 8.37. The van der Waals surface area contributed by atoms with Crippen molar-refractivity contribution >= 4 is 17.4 Å². The summed E-state index contributed by atoms with van der Waals surface area (Å²) < 4.78 is 6.45. The average Bonchev–Trinajstić information content (AvgIpc) is 3.46. The van der Waals surface area contributed by atoms with Gasteiger partial charge in [-0.25, -0.2) is 4.79 Å². The number of hydrogen-bond acceptors (Lipinski definition) is 5. The van der Waals surface area contributed by atoms with Gasteiger partial charge in [0.2, 0.25) is 5.82 Å². The molecule has 1 heterocycles. The number of H-pyrrole nitrogens is 1. The molecule has 0 fully saturated rings. The molecule has 8 heteroatoms. The van der Waals surface area contributed by atoms with Crippen molar-refractivity contribution in [1.82, 2.24) is 20.6 Å². The number of aromatic amines is 1. The molecule has 0 saturated heterocycles. The van der Waals surface area contributed by atoms with Gasteiger partial charge in [-0.15, -0.1) is 10.2 Å². The number of tetrazole rings is 1. The molecule has 39 heavy (non-hydrogen) atoms. The Morgan fingerprint density at radius 3 is 2.23 bits per heavy atom. The number of aryl methyl sites for hydroxylation is 1. The van der Waals surface area contributed by atoms with Gasteiger partial charge in [-0.2, -0.15) is 5.21 Å². The Bertz CT molecular complexity index is 1610. The second-order valence-electron chi connectivity index (χ2n) is 10.2. The Kier molecular flexibility index (Phi) is 7.10. The molecule has 0 unspecified atom stereocenters. The Balaban J connectivity index is 1.55. The smallest absolute Gasteiger partial charge is 0.323 e. The lowest BCUT2D eigenvalue weighted by Crippen LogP contribution is -2.20. The first-order valence-corrected chi connectivity index (χ1v) is 12.7. The van der Waals surface area contributed by atoms with Crippen molar-refractivity contribution in [2.24, 2.45) is 0 Å². The first-order chi connectivity index (χ1) is 18.8. The second-order valence-corrected chi connectivity index (χ2v) is 10.2. The number of carbonyl (C=O) groups excluding carboxylic acids is 1. The van der Waals surface area contributed by atoms with Crippen LogP contribution >= 0.6 is 0 Å². The zero-order valence-corrected chi connectivity index (χ0v) is 22.3. The molecular weight excluding hydrogens is 488 g/mol. The standard InChI is InChI=1S/C31H30N6O2/c1-20-11-5-9-15-25(20)32-30(38)33-26-19-21(22-12-6-7-13-23(22)29-34-36-37-35-29)17-18-28(26)39-27-16-10-8-14-24(27)31(2,3)4/h5-19H,1-4H3,(H2,32,33,38)(H,34,35,36,37). The Hall–Kier alpha value is -4.98. The number of carbonyl (C=O) groups is 1. The molecular formula is C31H30N6O2. The summed E-state index contributed by atoms with van der Waals surface area (Å²) >= 11 is 0. The van der Waals surface area contributed by atoms with Crippen molar-refractivity contribution < 1.29 is 9.53 Å². The number of aromatic nitrogens is 4. The summed E-state index contributed by atoms with van der Waals surface area (Å²) in [4.78, 5) is 13.2. The maximum atomic E-state index is 13.2. The van der Waals surface area contributed by atoms with E-state index in [1.807, 2.05) is 91.9 Å². The molecule has 3 N–H and O–H groups in total. The van der Waals surface area contributed by atoms with Crippen LogP contribution in [0.2, 0.25) is 0 Å². The minimum Gasteiger partial charge on any atom is -0.455 e. The van der Waals surface area contributed by atoms with Crippen LogP contribution in [0.5, 0.6) is 11.5 Å². The number of urea groups is 1. The number of nitrogens with one attached hydrogen (secondary N) is 3. The molecule has 0 aliphatic rings. The van der Waals surface area contributed by atoms with Crippen LogP contribution in [0.4, 0.5) is 16.2 Å². The van der Waals surface area contributed by atoms with Crippen LogP contribution in [0.25, 0.3) is 22.5 Å². The number of anilines is 2. The molecule has 0 saturated carbocycles. The maximum absolute atomic E-state index is 13.2. The number of nitrogens with zero attached hydrogens (tertiary/aromatic N) is 3. The number of hydrogen-bond donors (Lipinski definition) is 3. The van der Waals surface area contributed by atoms with Gasteiger partial charge in [0.25, 0.3) is 0 Å². The number of ether oxygens (including phenoxy) is 1. The molecule has 5 aromatic rings. The fourth-order valence-electron chi connectivity index (χ4n) is 4.37. The van der Waals surface area contributed by atoms with E-state index in [2.05, 4.69) is 58.1 Å². The Morgan fingerprint density at radius 1 is 0.795 bits per heavy atom. The highest BCUT2D eigenvalue weighted by molar-refractivity contribution is 6.01. The molecule has 1 aromatic heterocycles. The van der Waals surface area contributed by atoms with Gasteiger partial charge in [0, 0.05) is 16.8 Å². The van der Waals surface area contributed by atoms with E-state index in [0.29, 0.717) is 17.3 Å². The minimum absolute atomic E-state index is 0.129. The molecule has 0 spiro atoms. The topological polar surface area (TPSA) is 105 Å². The predicted octanol–water partition coefficient (Wildman–Crippen LogP) is 7.58. The third kappa shape index (κ3) is 5.80. The minimum atomic E-state index is -0.373. The summed E-state index contributed by atoms with van der Waals surface area (Å²) in [6.07, 6.45) is 0. The van der Waals surface area contributed by atoms with E-state index in [9.17, 15) is 4.79 Å². The van der Waals surface area contributed by atoms with Crippen LogP contribution in [-0.2, 0) is 5.41 Å². The quantitative estimate of drug-likeness (QED) is 0.215. The van der Waals surface area contributed by atoms with Gasteiger partial charge in [0.15, 0.2) is 5.75 Å². The first kappa shape index (κ1) is 25.7. The molecule has 0 radical (unpaired) electrons. The number of benzene rings is 4. The van der Waals surface area contributed by atoms with E-state index >= 15 is 0 Å². The molecule has 0 aliphatic heterocycles. The fourth-order valence-corrected chi connectivity index (χ4v) is 4.37. The highest BCUT2D eigenvalue weighted by atomic mass is 16.5. The SMILES string of the molecule is Cc1ccccc1NC(=O)Nc1cc(-c2ccccc2-c2nn[nH]n2)ccc1Oc1ccccc1C(C)(C)C. The fraction of sp³-hybridized carbons (Fsp3) is 0.161. The van der Waals surface area contributed by atoms with Crippen molar-refractivity contribution in [2.75, 3.05) is 10.6 Å². The molecule has 0 bridgehead atoms. The molecule has 4 aromatic carbocycles. The van der Waals surface area contributed by atoms with Crippen molar-refractivity contribution in [3.63, 3.8) is 0 Å². The summed E-state index contributed by atoms with van der Waals surface area (Å²) in [5.74, 6) is 1.73. The van der Waals surface area contributed by atoms with Crippen LogP contribution < -0.4 is 15.4 Å². The van der Waals surface area contributed by atoms with Crippen LogP contribution in [0.1, 0.15) is 31.9 Å². The van der Waals surface area contributed by atoms with E-state index in [-0.39, 0.29) is 11.4 Å². The van der Waals surface area contributed by atoms with Gasteiger partial charge in [-0.1, -0.05) is 87.5 Å². The van der Waals surface area contributed by atoms with Crippen LogP contribution in [0.3, 0.4) is 0 Å². The first-order valence-electron chi connectivity index (χ1n) is 12.7. The lowest BCUT2D eigenvalue weighted by molar-refractivity contribution is 0.262. The highest BCUT2D eigenvalue weighted by Crippen LogP contribution is 2.39. The van der Waals surface area contributed by atoms with Gasteiger partial charge in [0.05, 0.1) is 5.69 Å². The van der Waals surface area contributed by atoms with Crippen molar-refractivity contribution in [2.45, 2.75) is 33.1 Å². The van der Waals surface area contributed by atoms with Crippen molar-refractivity contribution in [3.8, 4) is 34.0 Å². The number of rotatable bonds is 6. The van der Waals surface area contributed by atoms with Gasteiger partial charge < -0.3 is 15.4 Å². The number of para-hydroxylation sites is 2. The van der Waals surface area contributed by atoms with E-state index in [1.165, 1.54) is 0 Å². The average molecular weight is 519 g/mol. The second kappa shape index (κ2) is 10.8. The van der Waals surface area contributed by atoms with Gasteiger partial charge in [0.1, 0.15) is 5.75 Å². The van der Waals surface area contributed by atoms with Crippen LogP contribution in [0.15, 0.2) is 91.0 Å². The van der Waals surface area contributed by atoms with Gasteiger partial charge in [-0.3, -0.25) is 0 Å². The van der Waals surface area contributed by atoms with Crippen molar-refractivity contribution in [3.05, 3.63) is 102 Å². The zero-order valence-electron chi connectivity index (χ0n) is 22.3.